The fourth-order valence-electron chi connectivity index (χ4n) is 2.99. The highest BCUT2D eigenvalue weighted by Crippen LogP contribution is 2.18. The molecule has 2 aromatic rings. The van der Waals surface area contributed by atoms with Crippen molar-refractivity contribution >= 4 is 11.6 Å². The van der Waals surface area contributed by atoms with Gasteiger partial charge in [-0.3, -0.25) is 9.78 Å². The van der Waals surface area contributed by atoms with Gasteiger partial charge in [0.1, 0.15) is 5.69 Å². The van der Waals surface area contributed by atoms with Gasteiger partial charge in [0, 0.05) is 31.5 Å². The van der Waals surface area contributed by atoms with Crippen LogP contribution in [0.2, 0.25) is 0 Å². The number of carbonyl (C=O) groups is 1. The van der Waals surface area contributed by atoms with Crippen LogP contribution in [0.25, 0.3) is 0 Å². The summed E-state index contributed by atoms with van der Waals surface area (Å²) in [6.45, 7) is 4.61. The zero-order chi connectivity index (χ0) is 16.1. The second-order valence-electron chi connectivity index (χ2n) is 6.27. The fourth-order valence-corrected chi connectivity index (χ4v) is 2.99. The van der Waals surface area contributed by atoms with Crippen LogP contribution in [-0.4, -0.2) is 28.9 Å². The molecule has 1 aromatic heterocycles. The van der Waals surface area contributed by atoms with Crippen molar-refractivity contribution in [3.8, 4) is 0 Å². The lowest BCUT2D eigenvalue weighted by Crippen LogP contribution is -2.39. The minimum Gasteiger partial charge on any atom is -0.381 e. The first kappa shape index (κ1) is 15.5. The Morgan fingerprint density at radius 2 is 2.13 bits per heavy atom. The molecule has 1 aromatic carbocycles. The van der Waals surface area contributed by atoms with Crippen LogP contribution in [0.4, 0.5) is 5.69 Å². The molecule has 2 heterocycles. The van der Waals surface area contributed by atoms with E-state index < -0.39 is 0 Å². The summed E-state index contributed by atoms with van der Waals surface area (Å²) >= 11 is 0. The maximum absolute atomic E-state index is 12.6. The Morgan fingerprint density at radius 3 is 2.91 bits per heavy atom. The number of benzene rings is 1. The highest BCUT2D eigenvalue weighted by Gasteiger charge is 2.22. The van der Waals surface area contributed by atoms with Crippen LogP contribution in [-0.2, 0) is 6.54 Å². The number of amides is 1. The van der Waals surface area contributed by atoms with Gasteiger partial charge in [-0.05, 0) is 36.5 Å². The van der Waals surface area contributed by atoms with Crippen molar-refractivity contribution in [3.05, 3.63) is 59.9 Å². The lowest BCUT2D eigenvalue weighted by Gasteiger charge is -2.30. The molecule has 1 unspecified atom stereocenters. The molecule has 1 fully saturated rings. The number of nitrogens with one attached hydrogen (secondary N) is 1. The van der Waals surface area contributed by atoms with E-state index in [4.69, 9.17) is 0 Å². The van der Waals surface area contributed by atoms with Gasteiger partial charge in [-0.2, -0.15) is 0 Å². The average molecular weight is 309 g/mol. The van der Waals surface area contributed by atoms with Gasteiger partial charge < -0.3 is 10.2 Å². The molecular weight excluding hydrogens is 286 g/mol. The zero-order valence-electron chi connectivity index (χ0n) is 13.5. The van der Waals surface area contributed by atoms with Crippen molar-refractivity contribution in [1.29, 1.82) is 0 Å². The molecule has 0 radical (unpaired) electrons. The average Bonchev–Trinajstić information content (AvgIpc) is 2.60. The summed E-state index contributed by atoms with van der Waals surface area (Å²) in [5.41, 5.74) is 2.66. The lowest BCUT2D eigenvalue weighted by molar-refractivity contribution is 0.0677. The van der Waals surface area contributed by atoms with Gasteiger partial charge >= 0.3 is 0 Å². The van der Waals surface area contributed by atoms with Crippen molar-refractivity contribution in [2.75, 3.05) is 18.4 Å². The van der Waals surface area contributed by atoms with Crippen molar-refractivity contribution in [3.63, 3.8) is 0 Å². The third kappa shape index (κ3) is 4.09. The molecule has 1 atom stereocenters. The van der Waals surface area contributed by atoms with Crippen LogP contribution in [0.5, 0.6) is 0 Å². The number of piperidine rings is 1. The Morgan fingerprint density at radius 1 is 1.30 bits per heavy atom. The Hall–Kier alpha value is -2.36. The SMILES string of the molecule is CC1CCCN(C(=O)c2cc(NCc3ccccc3)ccn2)C1. The van der Waals surface area contributed by atoms with E-state index in [0.717, 1.165) is 31.7 Å². The Kier molecular flexibility index (Phi) is 4.91. The van der Waals surface area contributed by atoms with Crippen LogP contribution in [0, 0.1) is 5.92 Å². The van der Waals surface area contributed by atoms with Crippen LogP contribution >= 0.6 is 0 Å². The number of nitrogens with zero attached hydrogens (tertiary/aromatic N) is 2. The van der Waals surface area contributed by atoms with Crippen LogP contribution in [0.1, 0.15) is 35.8 Å². The highest BCUT2D eigenvalue weighted by atomic mass is 16.2. The predicted molar refractivity (Wildman–Crippen MR) is 92.3 cm³/mol. The van der Waals surface area contributed by atoms with Gasteiger partial charge in [-0.1, -0.05) is 37.3 Å². The van der Waals surface area contributed by atoms with Crippen molar-refractivity contribution < 1.29 is 4.79 Å². The molecule has 1 aliphatic heterocycles. The summed E-state index contributed by atoms with van der Waals surface area (Å²) in [4.78, 5) is 18.8. The second kappa shape index (κ2) is 7.27. The predicted octanol–water partition coefficient (Wildman–Crippen LogP) is 3.57. The van der Waals surface area contributed by atoms with Gasteiger partial charge in [0.25, 0.3) is 5.91 Å². The van der Waals surface area contributed by atoms with E-state index in [2.05, 4.69) is 29.4 Å². The van der Waals surface area contributed by atoms with Gasteiger partial charge in [0.15, 0.2) is 0 Å². The minimum atomic E-state index is 0.0416. The third-order valence-electron chi connectivity index (χ3n) is 4.26. The van der Waals surface area contributed by atoms with Crippen molar-refractivity contribution in [2.45, 2.75) is 26.3 Å². The molecule has 0 saturated carbocycles. The Bertz CT molecular complexity index is 657. The Labute approximate surface area is 137 Å². The molecule has 120 valence electrons. The number of anilines is 1. The monoisotopic (exact) mass is 309 g/mol. The summed E-state index contributed by atoms with van der Waals surface area (Å²) in [5, 5.41) is 3.36. The van der Waals surface area contributed by atoms with E-state index in [9.17, 15) is 4.79 Å². The molecule has 0 spiro atoms. The number of pyridine rings is 1. The van der Waals surface area contributed by atoms with Crippen LogP contribution in [0.3, 0.4) is 0 Å². The number of hydrogen-bond donors (Lipinski definition) is 1. The lowest BCUT2D eigenvalue weighted by atomic mass is 10.00. The molecular formula is C19H23N3O. The molecule has 1 aliphatic rings. The molecule has 1 saturated heterocycles. The topological polar surface area (TPSA) is 45.2 Å². The van der Waals surface area contributed by atoms with Crippen LogP contribution < -0.4 is 5.32 Å². The molecule has 23 heavy (non-hydrogen) atoms. The van der Waals surface area contributed by atoms with Crippen molar-refractivity contribution in [2.24, 2.45) is 5.92 Å². The normalized spacial score (nSPS) is 17.8. The van der Waals surface area contributed by atoms with E-state index in [-0.39, 0.29) is 5.91 Å². The number of hydrogen-bond acceptors (Lipinski definition) is 3. The second-order valence-corrected chi connectivity index (χ2v) is 6.27. The first-order valence-corrected chi connectivity index (χ1v) is 8.25. The summed E-state index contributed by atoms with van der Waals surface area (Å²) in [5.74, 6) is 0.618. The van der Waals surface area contributed by atoms with Gasteiger partial charge in [0.2, 0.25) is 0 Å². The number of carbonyl (C=O) groups excluding carboxylic acids is 1. The van der Waals surface area contributed by atoms with Crippen LogP contribution in [0.15, 0.2) is 48.7 Å². The highest BCUT2D eigenvalue weighted by molar-refractivity contribution is 5.93. The molecule has 3 rings (SSSR count). The molecule has 4 nitrogen and oxygen atoms in total. The van der Waals surface area contributed by atoms with E-state index in [1.165, 1.54) is 12.0 Å². The van der Waals surface area contributed by atoms with Gasteiger partial charge in [-0.25, -0.2) is 0 Å². The van der Waals surface area contributed by atoms with E-state index >= 15 is 0 Å². The molecule has 4 heteroatoms. The van der Waals surface area contributed by atoms with Gasteiger partial charge in [0.05, 0.1) is 0 Å². The third-order valence-corrected chi connectivity index (χ3v) is 4.26. The fraction of sp³-hybridized carbons (Fsp3) is 0.368. The summed E-state index contributed by atoms with van der Waals surface area (Å²) in [7, 11) is 0. The molecule has 0 aliphatic carbocycles. The quantitative estimate of drug-likeness (QED) is 0.939. The van der Waals surface area contributed by atoms with E-state index in [1.54, 1.807) is 6.20 Å². The van der Waals surface area contributed by atoms with Crippen molar-refractivity contribution in [1.82, 2.24) is 9.88 Å². The summed E-state index contributed by atoms with van der Waals surface area (Å²) in [6.07, 6.45) is 3.99. The summed E-state index contributed by atoms with van der Waals surface area (Å²) in [6, 6.07) is 14.0. The Balaban J connectivity index is 1.66. The standard InChI is InChI=1S/C19H23N3O/c1-15-6-5-11-22(14-15)19(23)18-12-17(9-10-20-18)21-13-16-7-3-2-4-8-16/h2-4,7-10,12,15H,5-6,11,13-14H2,1H3,(H,20,21). The largest absolute Gasteiger partial charge is 0.381 e. The maximum atomic E-state index is 12.6. The van der Waals surface area contributed by atoms with E-state index in [1.807, 2.05) is 35.2 Å². The smallest absolute Gasteiger partial charge is 0.272 e. The first-order chi connectivity index (χ1) is 11.2. The van der Waals surface area contributed by atoms with E-state index in [0.29, 0.717) is 11.6 Å². The molecule has 1 amide bonds. The number of aromatic nitrogens is 1. The molecule has 1 N–H and O–H groups in total. The summed E-state index contributed by atoms with van der Waals surface area (Å²) < 4.78 is 0. The minimum absolute atomic E-state index is 0.0416. The molecule has 0 bridgehead atoms. The maximum Gasteiger partial charge on any atom is 0.272 e. The number of likely N-dealkylation sites (tertiary alicyclic amines) is 1. The zero-order valence-corrected chi connectivity index (χ0v) is 13.5. The first-order valence-electron chi connectivity index (χ1n) is 8.25. The number of rotatable bonds is 4. The van der Waals surface area contributed by atoms with Gasteiger partial charge in [-0.15, -0.1) is 0 Å².